The summed E-state index contributed by atoms with van der Waals surface area (Å²) in [6.07, 6.45) is 10.1. The fourth-order valence-corrected chi connectivity index (χ4v) is 5.28. The van der Waals surface area contributed by atoms with E-state index in [2.05, 4.69) is 10.6 Å². The minimum atomic E-state index is -0.377. The fraction of sp³-hybridized carbons (Fsp3) is 0.708. The maximum atomic E-state index is 12.8. The first-order valence-corrected chi connectivity index (χ1v) is 11.3. The van der Waals surface area contributed by atoms with Gasteiger partial charge in [-0.15, -0.1) is 0 Å². The van der Waals surface area contributed by atoms with Gasteiger partial charge in [0.25, 0.3) is 5.91 Å². The van der Waals surface area contributed by atoms with E-state index in [-0.39, 0.29) is 19.4 Å². The van der Waals surface area contributed by atoms with E-state index in [4.69, 9.17) is 11.6 Å². The van der Waals surface area contributed by atoms with Gasteiger partial charge < -0.3 is 15.7 Å². The van der Waals surface area contributed by atoms with Crippen LogP contribution in [0, 0.1) is 11.3 Å². The Hall–Kier alpha value is -1.10. The van der Waals surface area contributed by atoms with Crippen LogP contribution in [0.15, 0.2) is 18.2 Å². The van der Waals surface area contributed by atoms with Gasteiger partial charge in [0.15, 0.2) is 0 Å². The van der Waals surface area contributed by atoms with E-state index >= 15 is 0 Å². The maximum absolute atomic E-state index is 12.8. The third-order valence-corrected chi connectivity index (χ3v) is 6.99. The quantitative estimate of drug-likeness (QED) is 0.526. The van der Waals surface area contributed by atoms with Crippen LogP contribution >= 0.6 is 11.6 Å². The minimum Gasteiger partial charge on any atom is -0.392 e. The van der Waals surface area contributed by atoms with E-state index < -0.39 is 0 Å². The van der Waals surface area contributed by atoms with Crippen molar-refractivity contribution >= 4 is 17.5 Å². The molecule has 2 saturated carbocycles. The molecule has 1 aromatic rings. The Morgan fingerprint density at radius 2 is 2.03 bits per heavy atom. The molecule has 0 spiro atoms. The summed E-state index contributed by atoms with van der Waals surface area (Å²) in [5, 5.41) is 16.9. The smallest absolute Gasteiger partial charge is 0.252 e. The van der Waals surface area contributed by atoms with Gasteiger partial charge in [0.1, 0.15) is 0 Å². The molecule has 3 rings (SSSR count). The molecule has 2 aliphatic carbocycles. The number of carbonyl (C=O) groups excluding carboxylic acids is 1. The zero-order chi connectivity index (χ0) is 20.0. The van der Waals surface area contributed by atoms with Crippen molar-refractivity contribution in [3.63, 3.8) is 0 Å². The average molecular weight is 423 g/mol. The molecule has 29 heavy (non-hydrogen) atoms. The molecule has 3 N–H and O–H groups in total. The summed E-state index contributed by atoms with van der Waals surface area (Å²) in [7, 11) is 0. The first-order chi connectivity index (χ1) is 13.5. The highest BCUT2D eigenvalue weighted by Gasteiger charge is 2.39. The highest BCUT2D eigenvalue weighted by molar-refractivity contribution is 6.33. The molecule has 4 nitrogen and oxygen atoms in total. The summed E-state index contributed by atoms with van der Waals surface area (Å²) in [6.45, 7) is 4.24. The normalized spacial score (nSPS) is 24.4. The fourth-order valence-electron chi connectivity index (χ4n) is 5.08. The summed E-state index contributed by atoms with van der Waals surface area (Å²) in [6, 6.07) is 5.64. The number of rotatable bonds is 9. The number of benzene rings is 1. The molecule has 1 atom stereocenters. The number of carbonyl (C=O) groups is 1. The van der Waals surface area contributed by atoms with Gasteiger partial charge in [-0.25, -0.2) is 0 Å². The van der Waals surface area contributed by atoms with Crippen molar-refractivity contribution in [3.05, 3.63) is 34.3 Å². The third kappa shape index (κ3) is 6.70. The monoisotopic (exact) mass is 422 g/mol. The Kier molecular flexibility index (Phi) is 9.45. The van der Waals surface area contributed by atoms with E-state index in [9.17, 15) is 9.90 Å². The molecule has 0 heterocycles. The van der Waals surface area contributed by atoms with Crippen molar-refractivity contribution in [1.29, 1.82) is 0 Å². The van der Waals surface area contributed by atoms with Crippen molar-refractivity contribution in [2.75, 3.05) is 19.6 Å². The van der Waals surface area contributed by atoms with Crippen molar-refractivity contribution < 1.29 is 9.90 Å². The summed E-state index contributed by atoms with van der Waals surface area (Å²) < 4.78 is 0. The molecule has 2 bridgehead atoms. The van der Waals surface area contributed by atoms with Crippen LogP contribution in [-0.2, 0) is 6.42 Å². The molecule has 164 valence electrons. The van der Waals surface area contributed by atoms with Gasteiger partial charge >= 0.3 is 0 Å². The van der Waals surface area contributed by atoms with Gasteiger partial charge in [-0.2, -0.15) is 0 Å². The molecule has 0 unspecified atom stereocenters. The number of aliphatic hydroxyl groups is 1. The molecule has 5 heteroatoms. The molecule has 0 aromatic heterocycles. The van der Waals surface area contributed by atoms with E-state index in [1.807, 2.05) is 19.1 Å². The van der Waals surface area contributed by atoms with E-state index in [1.165, 1.54) is 44.9 Å². The second kappa shape index (κ2) is 11.3. The van der Waals surface area contributed by atoms with E-state index in [0.29, 0.717) is 29.0 Å². The molecule has 2 fully saturated rings. The van der Waals surface area contributed by atoms with Crippen molar-refractivity contribution in [2.24, 2.45) is 11.3 Å². The van der Waals surface area contributed by atoms with Gasteiger partial charge in [-0.1, -0.05) is 57.7 Å². The van der Waals surface area contributed by atoms with E-state index in [1.54, 1.807) is 6.07 Å². The van der Waals surface area contributed by atoms with Crippen LogP contribution in [0.4, 0.5) is 0 Å². The number of fused-ring (bicyclic) bond motifs is 2. The second-order valence-corrected chi connectivity index (χ2v) is 9.26. The summed E-state index contributed by atoms with van der Waals surface area (Å²) in [5.74, 6) is 0.794. The van der Waals surface area contributed by atoms with Crippen LogP contribution in [0.1, 0.15) is 81.6 Å². The number of aryl methyl sites for hydroxylation is 1. The minimum absolute atomic E-state index is 0. The zero-order valence-corrected chi connectivity index (χ0v) is 17.9. The van der Waals surface area contributed by atoms with Crippen LogP contribution in [-0.4, -0.2) is 36.8 Å². The Balaban J connectivity index is 0.00000300. The third-order valence-electron chi connectivity index (χ3n) is 6.66. The molecular formula is C24H39ClN2O2. The number of hydrogen-bond donors (Lipinski definition) is 3. The molecule has 0 aliphatic heterocycles. The largest absolute Gasteiger partial charge is 0.392 e. The van der Waals surface area contributed by atoms with Gasteiger partial charge in [-0.3, -0.25) is 4.79 Å². The van der Waals surface area contributed by atoms with Crippen molar-refractivity contribution in [1.82, 2.24) is 10.6 Å². The molecule has 1 amide bonds. The van der Waals surface area contributed by atoms with Gasteiger partial charge in [-0.05, 0) is 67.7 Å². The van der Waals surface area contributed by atoms with Crippen molar-refractivity contribution in [3.8, 4) is 0 Å². The summed E-state index contributed by atoms with van der Waals surface area (Å²) >= 11 is 6.33. The number of halogens is 1. The number of hydrogen-bond acceptors (Lipinski definition) is 3. The maximum Gasteiger partial charge on any atom is 0.252 e. The number of likely N-dealkylation sites (N-methyl/N-ethyl adjacent to an activating group) is 1. The molecule has 2 aliphatic rings. The Labute approximate surface area is 181 Å². The second-order valence-electron chi connectivity index (χ2n) is 8.85. The predicted octanol–water partition coefficient (Wildman–Crippen LogP) is 4.97. The summed E-state index contributed by atoms with van der Waals surface area (Å²) in [5.41, 5.74) is 1.90. The lowest BCUT2D eigenvalue weighted by Crippen LogP contribution is -2.43. The highest BCUT2D eigenvalue weighted by atomic mass is 35.5. The Morgan fingerprint density at radius 1 is 1.31 bits per heavy atom. The SMILES string of the molecule is C.CCNC[C@@H](O)CCc1ccc(Cl)c(C(=O)NCC23CCCC(CCC2)C3)c1. The van der Waals surface area contributed by atoms with Crippen LogP contribution in [0.25, 0.3) is 0 Å². The van der Waals surface area contributed by atoms with Gasteiger partial charge in [0.2, 0.25) is 0 Å². The highest BCUT2D eigenvalue weighted by Crippen LogP contribution is 2.48. The zero-order valence-electron chi connectivity index (χ0n) is 17.1. The Bertz CT molecular complexity index is 654. The molecule has 0 radical (unpaired) electrons. The van der Waals surface area contributed by atoms with Crippen molar-refractivity contribution in [2.45, 2.75) is 78.2 Å². The van der Waals surface area contributed by atoms with Crippen LogP contribution in [0.2, 0.25) is 5.02 Å². The predicted molar refractivity (Wildman–Crippen MR) is 122 cm³/mol. The average Bonchev–Trinajstić information content (AvgIpc) is 2.70. The lowest BCUT2D eigenvalue weighted by molar-refractivity contribution is 0.0681. The first-order valence-electron chi connectivity index (χ1n) is 11.0. The molecule has 0 saturated heterocycles. The molecule has 1 aromatic carbocycles. The van der Waals surface area contributed by atoms with E-state index in [0.717, 1.165) is 31.0 Å². The number of nitrogens with one attached hydrogen (secondary N) is 2. The topological polar surface area (TPSA) is 61.4 Å². The molecular weight excluding hydrogens is 384 g/mol. The number of amides is 1. The number of aliphatic hydroxyl groups excluding tert-OH is 1. The van der Waals surface area contributed by atoms with Crippen LogP contribution in [0.3, 0.4) is 0 Å². The lowest BCUT2D eigenvalue weighted by Gasteiger charge is -2.45. The lowest BCUT2D eigenvalue weighted by atomic mass is 9.62. The van der Waals surface area contributed by atoms with Crippen LogP contribution < -0.4 is 10.6 Å². The summed E-state index contributed by atoms with van der Waals surface area (Å²) in [4.78, 5) is 12.8. The van der Waals surface area contributed by atoms with Crippen LogP contribution in [0.5, 0.6) is 0 Å². The van der Waals surface area contributed by atoms with Gasteiger partial charge in [0.05, 0.1) is 16.7 Å². The first kappa shape index (κ1) is 24.2. The van der Waals surface area contributed by atoms with Gasteiger partial charge in [0, 0.05) is 13.1 Å². The standard InChI is InChI=1S/C23H35ClN2O2.CH4/c1-2-25-15-19(27)9-7-17-8-10-21(24)20(13-17)22(28)26-16-23-11-3-5-18(14-23)6-4-12-23;/h8,10,13,18-19,25,27H,2-7,9,11-12,14-16H2,1H3,(H,26,28);1H4/t18?,19-,23?;/m0./s1. The Morgan fingerprint density at radius 3 is 2.72 bits per heavy atom.